The molecule has 2 amide bonds. The Morgan fingerprint density at radius 3 is 2.43 bits per heavy atom. The zero-order valence-electron chi connectivity index (χ0n) is 14.9. The summed E-state index contributed by atoms with van der Waals surface area (Å²) in [4.78, 5) is 12.3. The van der Waals surface area contributed by atoms with Gasteiger partial charge in [-0.2, -0.15) is 5.10 Å². The van der Waals surface area contributed by atoms with E-state index in [2.05, 4.69) is 48.7 Å². The second-order valence-corrected chi connectivity index (χ2v) is 8.45. The monoisotopic (exact) mass is 319 g/mol. The minimum Gasteiger partial charge on any atom is -0.335 e. The maximum atomic E-state index is 12.3. The van der Waals surface area contributed by atoms with Crippen LogP contribution in [0.1, 0.15) is 65.0 Å². The molecule has 0 atom stereocenters. The fourth-order valence-corrected chi connectivity index (χ4v) is 4.07. The van der Waals surface area contributed by atoms with Gasteiger partial charge in [0, 0.05) is 41.8 Å². The number of hydrogen-bond acceptors (Lipinski definition) is 3. The van der Waals surface area contributed by atoms with E-state index in [9.17, 15) is 4.79 Å². The minimum absolute atomic E-state index is 0.0177. The molecule has 0 unspecified atom stereocenters. The number of nitrogens with zero attached hydrogens (tertiary/aromatic N) is 2. The van der Waals surface area contributed by atoms with E-state index in [1.165, 1.54) is 18.5 Å². The van der Waals surface area contributed by atoms with E-state index in [0.29, 0.717) is 11.7 Å². The number of aryl methyl sites for hydroxylation is 1. The molecule has 3 N–H and O–H groups in total. The number of anilines is 1. The van der Waals surface area contributed by atoms with E-state index >= 15 is 0 Å². The van der Waals surface area contributed by atoms with Gasteiger partial charge in [0.1, 0.15) is 0 Å². The van der Waals surface area contributed by atoms with Crippen LogP contribution in [0.15, 0.2) is 6.07 Å². The molecule has 6 nitrogen and oxygen atoms in total. The van der Waals surface area contributed by atoms with Gasteiger partial charge in [0.15, 0.2) is 5.82 Å². The fraction of sp³-hybridized carbons (Fsp3) is 0.765. The first kappa shape index (κ1) is 16.3. The van der Waals surface area contributed by atoms with E-state index in [1.54, 1.807) is 0 Å². The first-order valence-corrected chi connectivity index (χ1v) is 8.54. The summed E-state index contributed by atoms with van der Waals surface area (Å²) in [5, 5.41) is 14.0. The van der Waals surface area contributed by atoms with Crippen LogP contribution in [0, 0.1) is 0 Å². The van der Waals surface area contributed by atoms with Gasteiger partial charge in [-0.05, 0) is 53.4 Å². The smallest absolute Gasteiger partial charge is 0.320 e. The van der Waals surface area contributed by atoms with E-state index < -0.39 is 0 Å². The van der Waals surface area contributed by atoms with Crippen LogP contribution < -0.4 is 16.0 Å². The van der Waals surface area contributed by atoms with Crippen LogP contribution in [0.3, 0.4) is 0 Å². The summed E-state index contributed by atoms with van der Waals surface area (Å²) in [6.07, 6.45) is 4.29. The van der Waals surface area contributed by atoms with Crippen molar-refractivity contribution in [3.05, 3.63) is 11.8 Å². The Kier molecular flexibility index (Phi) is 3.91. The van der Waals surface area contributed by atoms with Gasteiger partial charge in [-0.25, -0.2) is 4.79 Å². The van der Waals surface area contributed by atoms with E-state index in [1.807, 2.05) is 17.8 Å². The van der Waals surface area contributed by atoms with Gasteiger partial charge in [-0.3, -0.25) is 10.00 Å². The highest BCUT2D eigenvalue weighted by Crippen LogP contribution is 2.40. The first-order chi connectivity index (χ1) is 10.6. The van der Waals surface area contributed by atoms with Gasteiger partial charge in [0.05, 0.1) is 0 Å². The molecule has 1 saturated heterocycles. The average molecular weight is 319 g/mol. The van der Waals surface area contributed by atoms with Crippen LogP contribution in [-0.2, 0) is 7.05 Å². The summed E-state index contributed by atoms with van der Waals surface area (Å²) in [5.41, 5.74) is 1.25. The maximum Gasteiger partial charge on any atom is 0.320 e. The molecule has 3 rings (SSSR count). The summed E-state index contributed by atoms with van der Waals surface area (Å²) in [6.45, 7) is 8.73. The van der Waals surface area contributed by atoms with Gasteiger partial charge in [0.2, 0.25) is 0 Å². The minimum atomic E-state index is -0.163. The summed E-state index contributed by atoms with van der Waals surface area (Å²) in [6, 6.07) is 1.99. The number of amides is 2. The molecule has 6 heteroatoms. The Hall–Kier alpha value is -1.56. The SMILES string of the molecule is Cn1nc(NC(=O)NC2CC(C)(C)NC(C)(C)C2)cc1C1CC1. The number of aromatic nitrogens is 2. The first-order valence-electron chi connectivity index (χ1n) is 8.54. The third kappa shape index (κ3) is 4.05. The lowest BCUT2D eigenvalue weighted by molar-refractivity contribution is 0.149. The zero-order valence-corrected chi connectivity index (χ0v) is 14.9. The number of carbonyl (C=O) groups excluding carboxylic acids is 1. The Labute approximate surface area is 138 Å². The number of urea groups is 1. The quantitative estimate of drug-likeness (QED) is 0.802. The molecule has 0 radical (unpaired) electrons. The lowest BCUT2D eigenvalue weighted by Crippen LogP contribution is -2.62. The Bertz CT molecular complexity index is 584. The highest BCUT2D eigenvalue weighted by atomic mass is 16.2. The summed E-state index contributed by atoms with van der Waals surface area (Å²) >= 11 is 0. The predicted octanol–water partition coefficient (Wildman–Crippen LogP) is 2.73. The van der Waals surface area contributed by atoms with Crippen molar-refractivity contribution in [3.63, 3.8) is 0 Å². The number of piperidine rings is 1. The van der Waals surface area contributed by atoms with Crippen molar-refractivity contribution < 1.29 is 4.79 Å². The second-order valence-electron chi connectivity index (χ2n) is 8.45. The van der Waals surface area contributed by atoms with E-state index in [4.69, 9.17) is 0 Å². The van der Waals surface area contributed by atoms with Crippen molar-refractivity contribution in [3.8, 4) is 0 Å². The summed E-state index contributed by atoms with van der Waals surface area (Å²) in [7, 11) is 1.94. The Morgan fingerprint density at radius 2 is 1.87 bits per heavy atom. The van der Waals surface area contributed by atoms with Crippen LogP contribution in [-0.4, -0.2) is 32.9 Å². The molecule has 2 aliphatic rings. The van der Waals surface area contributed by atoms with Crippen molar-refractivity contribution >= 4 is 11.8 Å². The Morgan fingerprint density at radius 1 is 1.26 bits per heavy atom. The van der Waals surface area contributed by atoms with Gasteiger partial charge in [0.25, 0.3) is 0 Å². The van der Waals surface area contributed by atoms with Crippen LogP contribution >= 0.6 is 0 Å². The molecule has 1 aliphatic heterocycles. The van der Waals surface area contributed by atoms with Crippen molar-refractivity contribution in [1.82, 2.24) is 20.4 Å². The van der Waals surface area contributed by atoms with Crippen molar-refractivity contribution in [2.75, 3.05) is 5.32 Å². The third-order valence-corrected chi connectivity index (χ3v) is 4.68. The zero-order chi connectivity index (χ0) is 16.8. The molecule has 2 heterocycles. The van der Waals surface area contributed by atoms with Gasteiger partial charge >= 0.3 is 6.03 Å². The molecule has 0 bridgehead atoms. The number of rotatable bonds is 3. The molecule has 1 aliphatic carbocycles. The van der Waals surface area contributed by atoms with Gasteiger partial charge in [-0.15, -0.1) is 0 Å². The fourth-order valence-electron chi connectivity index (χ4n) is 4.07. The highest BCUT2D eigenvalue weighted by molar-refractivity contribution is 5.88. The van der Waals surface area contributed by atoms with E-state index in [0.717, 1.165) is 12.8 Å². The van der Waals surface area contributed by atoms with Crippen molar-refractivity contribution in [1.29, 1.82) is 0 Å². The van der Waals surface area contributed by atoms with Crippen LogP contribution in [0.4, 0.5) is 10.6 Å². The molecular formula is C17H29N5O. The molecule has 0 aromatic carbocycles. The lowest BCUT2D eigenvalue weighted by Gasteiger charge is -2.46. The highest BCUT2D eigenvalue weighted by Gasteiger charge is 2.38. The largest absolute Gasteiger partial charge is 0.335 e. The molecule has 23 heavy (non-hydrogen) atoms. The maximum absolute atomic E-state index is 12.3. The van der Waals surface area contributed by atoms with E-state index in [-0.39, 0.29) is 23.2 Å². The molecule has 1 aromatic rings. The normalized spacial score (nSPS) is 23.5. The second kappa shape index (κ2) is 5.51. The molecule has 1 saturated carbocycles. The Balaban J connectivity index is 1.59. The predicted molar refractivity (Wildman–Crippen MR) is 91.7 cm³/mol. The van der Waals surface area contributed by atoms with Gasteiger partial charge in [-0.1, -0.05) is 0 Å². The number of carbonyl (C=O) groups is 1. The van der Waals surface area contributed by atoms with Gasteiger partial charge < -0.3 is 10.6 Å². The van der Waals surface area contributed by atoms with Crippen molar-refractivity contribution in [2.24, 2.45) is 7.05 Å². The molecular weight excluding hydrogens is 290 g/mol. The third-order valence-electron chi connectivity index (χ3n) is 4.68. The van der Waals surface area contributed by atoms with Crippen LogP contribution in [0.2, 0.25) is 0 Å². The number of nitrogens with one attached hydrogen (secondary N) is 3. The summed E-state index contributed by atoms with van der Waals surface area (Å²) < 4.78 is 1.88. The topological polar surface area (TPSA) is 71.0 Å². The standard InChI is InChI=1S/C17H29N5O/c1-16(2)9-12(10-17(3,4)21-16)18-15(23)19-14-8-13(11-6-7-11)22(5)20-14/h8,11-12,21H,6-7,9-10H2,1-5H3,(H2,18,19,20,23). The van der Waals surface area contributed by atoms with Crippen molar-refractivity contribution in [2.45, 2.75) is 76.4 Å². The van der Waals surface area contributed by atoms with Crippen LogP contribution in [0.5, 0.6) is 0 Å². The van der Waals surface area contributed by atoms with Crippen LogP contribution in [0.25, 0.3) is 0 Å². The number of hydrogen-bond donors (Lipinski definition) is 3. The molecule has 1 aromatic heterocycles. The average Bonchev–Trinajstić information content (AvgIpc) is 3.10. The summed E-state index contributed by atoms with van der Waals surface area (Å²) in [5.74, 6) is 1.26. The molecule has 0 spiro atoms. The molecule has 2 fully saturated rings. The molecule has 128 valence electrons. The lowest BCUT2D eigenvalue weighted by atomic mass is 9.80.